The molecule has 0 atom stereocenters. The quantitative estimate of drug-likeness (QED) is 0.304. The van der Waals surface area contributed by atoms with Crippen molar-refractivity contribution in [2.45, 2.75) is 0 Å². The molecule has 0 fully saturated rings. The standard InChI is InChI=1S/C22H13BrO/c23-17-10-7-14(8-11-17)16-6-5-15-9-12-19-18-3-1-2-4-21(18)24-22(19)20(15)13-16/h1-13H. The predicted octanol–water partition coefficient (Wildman–Crippen LogP) is 7.17. The summed E-state index contributed by atoms with van der Waals surface area (Å²) in [4.78, 5) is 0. The molecule has 0 aliphatic rings. The Morgan fingerprint density at radius 2 is 1.38 bits per heavy atom. The van der Waals surface area contributed by atoms with Crippen molar-refractivity contribution in [1.82, 2.24) is 0 Å². The molecule has 0 saturated heterocycles. The second kappa shape index (κ2) is 5.22. The Bertz CT molecular complexity index is 1200. The van der Waals surface area contributed by atoms with E-state index in [-0.39, 0.29) is 0 Å². The highest BCUT2D eigenvalue weighted by molar-refractivity contribution is 9.10. The van der Waals surface area contributed by atoms with Crippen molar-refractivity contribution in [2.75, 3.05) is 0 Å². The van der Waals surface area contributed by atoms with E-state index in [0.717, 1.165) is 21.0 Å². The van der Waals surface area contributed by atoms with Gasteiger partial charge in [-0.2, -0.15) is 0 Å². The summed E-state index contributed by atoms with van der Waals surface area (Å²) in [7, 11) is 0. The summed E-state index contributed by atoms with van der Waals surface area (Å²) in [6.07, 6.45) is 0. The summed E-state index contributed by atoms with van der Waals surface area (Å²) < 4.78 is 7.26. The van der Waals surface area contributed by atoms with Crippen LogP contribution in [0.15, 0.2) is 87.8 Å². The Morgan fingerprint density at radius 1 is 0.625 bits per heavy atom. The maximum atomic E-state index is 6.17. The number of para-hydroxylation sites is 1. The monoisotopic (exact) mass is 372 g/mol. The minimum atomic E-state index is 0.939. The number of furan rings is 1. The SMILES string of the molecule is Brc1ccc(-c2ccc3ccc4c5ccccc5oc4c3c2)cc1. The Labute approximate surface area is 147 Å². The van der Waals surface area contributed by atoms with Crippen molar-refractivity contribution in [3.05, 3.63) is 83.3 Å². The molecular weight excluding hydrogens is 360 g/mol. The van der Waals surface area contributed by atoms with E-state index in [4.69, 9.17) is 4.42 Å². The first-order valence-corrected chi connectivity index (χ1v) is 8.69. The van der Waals surface area contributed by atoms with Crippen LogP contribution in [0.3, 0.4) is 0 Å². The van der Waals surface area contributed by atoms with Gasteiger partial charge >= 0.3 is 0 Å². The van der Waals surface area contributed by atoms with Gasteiger partial charge in [-0.05, 0) is 46.8 Å². The summed E-state index contributed by atoms with van der Waals surface area (Å²) >= 11 is 3.49. The van der Waals surface area contributed by atoms with Crippen molar-refractivity contribution in [3.8, 4) is 11.1 Å². The lowest BCUT2D eigenvalue weighted by Gasteiger charge is -2.05. The Hall–Kier alpha value is -2.58. The van der Waals surface area contributed by atoms with Crippen LogP contribution < -0.4 is 0 Å². The minimum Gasteiger partial charge on any atom is -0.455 e. The van der Waals surface area contributed by atoms with Crippen molar-refractivity contribution >= 4 is 48.6 Å². The molecule has 0 N–H and O–H groups in total. The van der Waals surface area contributed by atoms with E-state index in [9.17, 15) is 0 Å². The highest BCUT2D eigenvalue weighted by atomic mass is 79.9. The van der Waals surface area contributed by atoms with Crippen LogP contribution in [0.4, 0.5) is 0 Å². The fourth-order valence-electron chi connectivity index (χ4n) is 3.32. The second-order valence-corrected chi connectivity index (χ2v) is 6.90. The maximum absolute atomic E-state index is 6.17. The largest absolute Gasteiger partial charge is 0.455 e. The molecule has 5 aromatic rings. The third-order valence-electron chi connectivity index (χ3n) is 4.54. The lowest BCUT2D eigenvalue weighted by molar-refractivity contribution is 0.672. The average molecular weight is 373 g/mol. The summed E-state index contributed by atoms with van der Waals surface area (Å²) in [6, 6.07) is 27.5. The Balaban J connectivity index is 1.83. The minimum absolute atomic E-state index is 0.939. The van der Waals surface area contributed by atoms with Gasteiger partial charge < -0.3 is 4.42 Å². The molecule has 0 unspecified atom stereocenters. The van der Waals surface area contributed by atoms with Crippen molar-refractivity contribution < 1.29 is 4.42 Å². The number of hydrogen-bond acceptors (Lipinski definition) is 1. The van der Waals surface area contributed by atoms with Crippen molar-refractivity contribution in [1.29, 1.82) is 0 Å². The Kier molecular flexibility index (Phi) is 3.00. The van der Waals surface area contributed by atoms with E-state index in [2.05, 4.69) is 82.7 Å². The van der Waals surface area contributed by atoms with Crippen LogP contribution >= 0.6 is 15.9 Å². The van der Waals surface area contributed by atoms with Gasteiger partial charge in [-0.15, -0.1) is 0 Å². The predicted molar refractivity (Wildman–Crippen MR) is 104 cm³/mol. The lowest BCUT2D eigenvalue weighted by atomic mass is 9.99. The van der Waals surface area contributed by atoms with Crippen LogP contribution in [-0.4, -0.2) is 0 Å². The molecule has 114 valence electrons. The first-order chi connectivity index (χ1) is 11.8. The first-order valence-electron chi connectivity index (χ1n) is 7.89. The zero-order valence-corrected chi connectivity index (χ0v) is 14.4. The maximum Gasteiger partial charge on any atom is 0.143 e. The lowest BCUT2D eigenvalue weighted by Crippen LogP contribution is -1.80. The molecule has 0 radical (unpaired) electrons. The molecule has 1 nitrogen and oxygen atoms in total. The molecule has 1 heterocycles. The summed E-state index contributed by atoms with van der Waals surface area (Å²) in [6.45, 7) is 0. The third kappa shape index (κ3) is 2.07. The number of hydrogen-bond donors (Lipinski definition) is 0. The molecule has 2 heteroatoms. The average Bonchev–Trinajstić information content (AvgIpc) is 3.01. The molecule has 0 aliphatic heterocycles. The van der Waals surface area contributed by atoms with Crippen molar-refractivity contribution in [2.24, 2.45) is 0 Å². The fraction of sp³-hybridized carbons (Fsp3) is 0. The van der Waals surface area contributed by atoms with E-state index in [1.165, 1.54) is 27.3 Å². The van der Waals surface area contributed by atoms with Crippen LogP contribution in [0.1, 0.15) is 0 Å². The topological polar surface area (TPSA) is 13.1 Å². The fourth-order valence-corrected chi connectivity index (χ4v) is 3.59. The van der Waals surface area contributed by atoms with Crippen LogP contribution in [0.2, 0.25) is 0 Å². The Morgan fingerprint density at radius 3 is 2.25 bits per heavy atom. The van der Waals surface area contributed by atoms with Crippen molar-refractivity contribution in [3.63, 3.8) is 0 Å². The van der Waals surface area contributed by atoms with Gasteiger partial charge in [0.1, 0.15) is 11.2 Å². The van der Waals surface area contributed by atoms with E-state index in [0.29, 0.717) is 0 Å². The molecule has 0 bridgehead atoms. The van der Waals surface area contributed by atoms with Crippen LogP contribution in [0.25, 0.3) is 43.8 Å². The molecule has 4 aromatic carbocycles. The second-order valence-electron chi connectivity index (χ2n) is 5.98. The first kappa shape index (κ1) is 13.8. The molecule has 0 spiro atoms. The van der Waals surface area contributed by atoms with Gasteiger partial charge in [-0.1, -0.05) is 64.5 Å². The molecule has 0 aliphatic carbocycles. The molecule has 5 rings (SSSR count). The van der Waals surface area contributed by atoms with Gasteiger partial charge in [-0.25, -0.2) is 0 Å². The summed E-state index contributed by atoms with van der Waals surface area (Å²) in [5.74, 6) is 0. The van der Waals surface area contributed by atoms with Gasteiger partial charge in [0.25, 0.3) is 0 Å². The highest BCUT2D eigenvalue weighted by Crippen LogP contribution is 2.35. The smallest absolute Gasteiger partial charge is 0.143 e. The number of benzene rings is 4. The number of halogens is 1. The number of fused-ring (bicyclic) bond motifs is 5. The van der Waals surface area contributed by atoms with E-state index < -0.39 is 0 Å². The molecule has 0 saturated carbocycles. The molecule has 0 amide bonds. The van der Waals surface area contributed by atoms with Crippen LogP contribution in [-0.2, 0) is 0 Å². The van der Waals surface area contributed by atoms with Gasteiger partial charge in [0.15, 0.2) is 0 Å². The van der Waals surface area contributed by atoms with Gasteiger partial charge in [-0.3, -0.25) is 0 Å². The summed E-state index contributed by atoms with van der Waals surface area (Å²) in [5, 5.41) is 4.70. The van der Waals surface area contributed by atoms with Gasteiger partial charge in [0.2, 0.25) is 0 Å². The van der Waals surface area contributed by atoms with E-state index >= 15 is 0 Å². The zero-order chi connectivity index (χ0) is 16.1. The van der Waals surface area contributed by atoms with Gasteiger partial charge in [0.05, 0.1) is 0 Å². The van der Waals surface area contributed by atoms with Crippen LogP contribution in [0, 0.1) is 0 Å². The highest BCUT2D eigenvalue weighted by Gasteiger charge is 2.10. The normalized spacial score (nSPS) is 11.5. The third-order valence-corrected chi connectivity index (χ3v) is 5.07. The molecular formula is C22H13BrO. The van der Waals surface area contributed by atoms with Gasteiger partial charge in [0, 0.05) is 20.6 Å². The molecule has 24 heavy (non-hydrogen) atoms. The zero-order valence-electron chi connectivity index (χ0n) is 12.8. The van der Waals surface area contributed by atoms with E-state index in [1.54, 1.807) is 0 Å². The van der Waals surface area contributed by atoms with Crippen LogP contribution in [0.5, 0.6) is 0 Å². The summed E-state index contributed by atoms with van der Waals surface area (Å²) in [5.41, 5.74) is 4.30. The van der Waals surface area contributed by atoms with E-state index in [1.807, 2.05) is 12.1 Å². The molecule has 1 aromatic heterocycles. The number of rotatable bonds is 1.